The van der Waals surface area contributed by atoms with E-state index in [0.717, 1.165) is 4.88 Å². The molecule has 8 heavy (non-hydrogen) atoms. The molecule has 0 bridgehead atoms. The lowest BCUT2D eigenvalue weighted by molar-refractivity contribution is 1.32. The maximum absolute atomic E-state index is 8.17. The normalized spacial score (nSPS) is 8.38. The Balaban J connectivity index is 2.67. The second kappa shape index (κ2) is 2.43. The lowest BCUT2D eigenvalue weighted by Crippen LogP contribution is -1.67. The highest BCUT2D eigenvalue weighted by molar-refractivity contribution is 7.05. The number of nitrogens with zero attached hydrogens (tertiary/aromatic N) is 2. The predicted octanol–water partition coefficient (Wildman–Crippen LogP) is 1.21. The van der Waals surface area contributed by atoms with E-state index in [9.17, 15) is 0 Å². The van der Waals surface area contributed by atoms with Crippen LogP contribution in [0.3, 0.4) is 0 Å². The van der Waals surface area contributed by atoms with E-state index in [2.05, 4.69) is 4.37 Å². The van der Waals surface area contributed by atoms with Gasteiger partial charge in [0.15, 0.2) is 0 Å². The van der Waals surface area contributed by atoms with Gasteiger partial charge in [-0.2, -0.15) is 5.26 Å². The molecule has 0 aliphatic heterocycles. The Morgan fingerprint density at radius 2 is 2.75 bits per heavy atom. The SMILES string of the molecule is N#CCc1ccns1. The van der Waals surface area contributed by atoms with E-state index in [1.807, 2.05) is 12.1 Å². The highest BCUT2D eigenvalue weighted by Gasteiger charge is 1.88. The fraction of sp³-hybridized carbons (Fsp3) is 0.200. The van der Waals surface area contributed by atoms with Crippen LogP contribution in [0.2, 0.25) is 0 Å². The molecule has 0 aliphatic rings. The smallest absolute Gasteiger partial charge is 0.0711 e. The van der Waals surface area contributed by atoms with Crippen molar-refractivity contribution in [3.05, 3.63) is 17.1 Å². The minimum Gasteiger partial charge on any atom is -0.201 e. The van der Waals surface area contributed by atoms with E-state index < -0.39 is 0 Å². The van der Waals surface area contributed by atoms with Crippen LogP contribution in [0.1, 0.15) is 4.88 Å². The Kier molecular flexibility index (Phi) is 1.60. The molecule has 0 amide bonds. The van der Waals surface area contributed by atoms with Gasteiger partial charge in [-0.05, 0) is 17.6 Å². The summed E-state index contributed by atoms with van der Waals surface area (Å²) < 4.78 is 3.83. The van der Waals surface area contributed by atoms with Crippen LogP contribution in [-0.4, -0.2) is 4.37 Å². The average Bonchev–Trinajstić information content (AvgIpc) is 2.19. The molecular weight excluding hydrogens is 120 g/mol. The number of aromatic nitrogens is 1. The van der Waals surface area contributed by atoms with E-state index >= 15 is 0 Å². The highest BCUT2D eigenvalue weighted by Crippen LogP contribution is 2.03. The molecule has 0 radical (unpaired) electrons. The van der Waals surface area contributed by atoms with E-state index in [1.54, 1.807) is 6.20 Å². The molecule has 1 aromatic heterocycles. The summed E-state index contributed by atoms with van der Waals surface area (Å²) in [4.78, 5) is 1.03. The lowest BCUT2D eigenvalue weighted by Gasteiger charge is -1.74. The van der Waals surface area contributed by atoms with Gasteiger partial charge in [-0.15, -0.1) is 0 Å². The Morgan fingerprint density at radius 3 is 3.25 bits per heavy atom. The number of hydrogen-bond donors (Lipinski definition) is 0. The highest BCUT2D eigenvalue weighted by atomic mass is 32.1. The Labute approximate surface area is 51.6 Å². The molecule has 40 valence electrons. The zero-order valence-electron chi connectivity index (χ0n) is 4.16. The quantitative estimate of drug-likeness (QED) is 0.564. The summed E-state index contributed by atoms with van der Waals surface area (Å²) in [6, 6.07) is 3.90. The minimum atomic E-state index is 0.491. The van der Waals surface area contributed by atoms with E-state index in [0.29, 0.717) is 6.42 Å². The van der Waals surface area contributed by atoms with Crippen molar-refractivity contribution in [3.8, 4) is 6.07 Å². The van der Waals surface area contributed by atoms with Crippen molar-refractivity contribution in [2.24, 2.45) is 0 Å². The summed E-state index contributed by atoms with van der Waals surface area (Å²) in [5.41, 5.74) is 0. The number of hydrogen-bond acceptors (Lipinski definition) is 3. The molecule has 0 spiro atoms. The Morgan fingerprint density at radius 1 is 1.88 bits per heavy atom. The fourth-order valence-electron chi connectivity index (χ4n) is 0.411. The first kappa shape index (κ1) is 5.26. The first-order chi connectivity index (χ1) is 3.93. The monoisotopic (exact) mass is 124 g/mol. The molecular formula is C5H4N2S. The number of rotatable bonds is 1. The molecule has 0 fully saturated rings. The molecule has 3 heteroatoms. The van der Waals surface area contributed by atoms with Gasteiger partial charge in [0.25, 0.3) is 0 Å². The van der Waals surface area contributed by atoms with Crippen LogP contribution in [-0.2, 0) is 6.42 Å². The van der Waals surface area contributed by atoms with Gasteiger partial charge in [0.2, 0.25) is 0 Å². The Bertz CT molecular complexity index is 185. The summed E-state index contributed by atoms with van der Waals surface area (Å²) in [5.74, 6) is 0. The summed E-state index contributed by atoms with van der Waals surface area (Å²) in [7, 11) is 0. The Hall–Kier alpha value is -0.880. The largest absolute Gasteiger partial charge is 0.201 e. The van der Waals surface area contributed by atoms with Crippen molar-refractivity contribution >= 4 is 11.5 Å². The van der Waals surface area contributed by atoms with Crippen molar-refractivity contribution in [2.45, 2.75) is 6.42 Å². The summed E-state index contributed by atoms with van der Waals surface area (Å²) in [6.07, 6.45) is 2.20. The van der Waals surface area contributed by atoms with Gasteiger partial charge < -0.3 is 0 Å². The van der Waals surface area contributed by atoms with Crippen molar-refractivity contribution in [2.75, 3.05) is 0 Å². The topological polar surface area (TPSA) is 36.7 Å². The van der Waals surface area contributed by atoms with Gasteiger partial charge in [-0.1, -0.05) is 0 Å². The van der Waals surface area contributed by atoms with Crippen molar-refractivity contribution in [3.63, 3.8) is 0 Å². The van der Waals surface area contributed by atoms with Crippen LogP contribution in [0.4, 0.5) is 0 Å². The van der Waals surface area contributed by atoms with Crippen LogP contribution >= 0.6 is 11.5 Å². The van der Waals surface area contributed by atoms with Crippen molar-refractivity contribution in [1.82, 2.24) is 4.37 Å². The molecule has 1 heterocycles. The average molecular weight is 124 g/mol. The summed E-state index contributed by atoms with van der Waals surface area (Å²) in [5, 5.41) is 8.17. The van der Waals surface area contributed by atoms with Gasteiger partial charge >= 0.3 is 0 Å². The molecule has 0 aliphatic carbocycles. The third kappa shape index (κ3) is 1.04. The van der Waals surface area contributed by atoms with Crippen LogP contribution < -0.4 is 0 Å². The van der Waals surface area contributed by atoms with E-state index in [-0.39, 0.29) is 0 Å². The van der Waals surface area contributed by atoms with E-state index in [4.69, 9.17) is 5.26 Å². The van der Waals surface area contributed by atoms with Gasteiger partial charge in [0, 0.05) is 11.1 Å². The molecule has 0 saturated carbocycles. The second-order valence-electron chi connectivity index (χ2n) is 1.31. The zero-order valence-corrected chi connectivity index (χ0v) is 4.98. The van der Waals surface area contributed by atoms with Gasteiger partial charge in [0.1, 0.15) is 0 Å². The molecule has 2 nitrogen and oxygen atoms in total. The van der Waals surface area contributed by atoms with Gasteiger partial charge in [0.05, 0.1) is 12.5 Å². The second-order valence-corrected chi connectivity index (χ2v) is 2.23. The molecule has 0 saturated heterocycles. The third-order valence-electron chi connectivity index (χ3n) is 0.745. The maximum atomic E-state index is 8.17. The van der Waals surface area contributed by atoms with Crippen LogP contribution in [0.25, 0.3) is 0 Å². The van der Waals surface area contributed by atoms with Crippen LogP contribution in [0.5, 0.6) is 0 Å². The van der Waals surface area contributed by atoms with Gasteiger partial charge in [-0.25, -0.2) is 4.37 Å². The molecule has 0 atom stereocenters. The lowest BCUT2D eigenvalue weighted by atomic mass is 10.4. The van der Waals surface area contributed by atoms with Crippen LogP contribution in [0.15, 0.2) is 12.3 Å². The first-order valence-electron chi connectivity index (χ1n) is 2.20. The van der Waals surface area contributed by atoms with Crippen LogP contribution in [0, 0.1) is 11.3 Å². The standard InChI is InChI=1S/C5H4N2S/c6-3-1-5-2-4-7-8-5/h2,4H,1H2. The van der Waals surface area contributed by atoms with Gasteiger partial charge in [-0.3, -0.25) is 0 Å². The molecule has 0 aromatic carbocycles. The number of nitriles is 1. The molecule has 0 unspecified atom stereocenters. The zero-order chi connectivity index (χ0) is 5.82. The van der Waals surface area contributed by atoms with E-state index in [1.165, 1.54) is 11.5 Å². The molecule has 1 aromatic rings. The molecule has 1 rings (SSSR count). The first-order valence-corrected chi connectivity index (χ1v) is 2.97. The van der Waals surface area contributed by atoms with Crippen molar-refractivity contribution in [1.29, 1.82) is 5.26 Å². The predicted molar refractivity (Wildman–Crippen MR) is 31.4 cm³/mol. The van der Waals surface area contributed by atoms with Crippen molar-refractivity contribution < 1.29 is 0 Å². The molecule has 0 N–H and O–H groups in total. The third-order valence-corrected chi connectivity index (χ3v) is 1.49. The fourth-order valence-corrected chi connectivity index (χ4v) is 0.919. The summed E-state index contributed by atoms with van der Waals surface area (Å²) >= 11 is 1.37. The maximum Gasteiger partial charge on any atom is 0.0711 e. The minimum absolute atomic E-state index is 0.491. The summed E-state index contributed by atoms with van der Waals surface area (Å²) in [6.45, 7) is 0.